The molecule has 0 bridgehead atoms. The molecule has 4 nitrogen and oxygen atoms in total. The fourth-order valence-corrected chi connectivity index (χ4v) is 4.33. The summed E-state index contributed by atoms with van der Waals surface area (Å²) in [5, 5.41) is 14.9. The second kappa shape index (κ2) is 8.23. The summed E-state index contributed by atoms with van der Waals surface area (Å²) < 4.78 is 1.92. The molecular weight excluding hydrogens is 384 g/mol. The van der Waals surface area contributed by atoms with Gasteiger partial charge in [0.15, 0.2) is 0 Å². The quantitative estimate of drug-likeness (QED) is 0.415. The van der Waals surface area contributed by atoms with E-state index in [1.54, 1.807) is 12.1 Å². The van der Waals surface area contributed by atoms with E-state index in [2.05, 4.69) is 42.6 Å². The Morgan fingerprint density at radius 2 is 1.71 bits per heavy atom. The van der Waals surface area contributed by atoms with Crippen molar-refractivity contribution in [3.8, 4) is 11.1 Å². The van der Waals surface area contributed by atoms with Crippen molar-refractivity contribution in [1.29, 1.82) is 0 Å². The second-order valence-electron chi connectivity index (χ2n) is 8.12. The maximum Gasteiger partial charge on any atom is 0.335 e. The van der Waals surface area contributed by atoms with Crippen molar-refractivity contribution in [2.75, 3.05) is 0 Å². The van der Waals surface area contributed by atoms with Crippen molar-refractivity contribution in [2.45, 2.75) is 32.2 Å². The Morgan fingerprint density at radius 3 is 2.42 bits per heavy atom. The van der Waals surface area contributed by atoms with Gasteiger partial charge in [-0.3, -0.25) is 4.68 Å². The van der Waals surface area contributed by atoms with Crippen LogP contribution in [0.3, 0.4) is 0 Å². The molecule has 0 unspecified atom stereocenters. The molecule has 1 aromatic heterocycles. The van der Waals surface area contributed by atoms with Crippen LogP contribution in [-0.2, 0) is 6.54 Å². The minimum Gasteiger partial charge on any atom is -0.478 e. The van der Waals surface area contributed by atoms with Gasteiger partial charge in [-0.2, -0.15) is 5.10 Å². The Labute approximate surface area is 181 Å². The summed E-state index contributed by atoms with van der Waals surface area (Å²) in [5.41, 5.74) is 7.44. The average Bonchev–Trinajstić information content (AvgIpc) is 3.22. The van der Waals surface area contributed by atoms with Gasteiger partial charge in [0.25, 0.3) is 0 Å². The number of nitrogens with zero attached hydrogens (tertiary/aromatic N) is 2. The maximum atomic E-state index is 11.1. The maximum absolute atomic E-state index is 11.1. The van der Waals surface area contributed by atoms with Crippen molar-refractivity contribution >= 4 is 22.4 Å². The first-order chi connectivity index (χ1) is 15.2. The van der Waals surface area contributed by atoms with Gasteiger partial charge >= 0.3 is 5.97 Å². The molecule has 0 radical (unpaired) electrons. The van der Waals surface area contributed by atoms with Crippen molar-refractivity contribution in [2.24, 2.45) is 0 Å². The number of hydrogen-bond donors (Lipinski definition) is 1. The van der Waals surface area contributed by atoms with E-state index in [0.717, 1.165) is 16.5 Å². The lowest BCUT2D eigenvalue weighted by molar-refractivity contribution is 0.0697. The SMILES string of the molecule is O=C(O)c1ccc(Cn2cc3c(-c4ccc(C5=CCCCC5)cc4)cccc3n2)cc1. The first-order valence-corrected chi connectivity index (χ1v) is 10.8. The summed E-state index contributed by atoms with van der Waals surface area (Å²) >= 11 is 0. The molecule has 5 rings (SSSR count). The first kappa shape index (κ1) is 19.3. The van der Waals surface area contributed by atoms with E-state index in [4.69, 9.17) is 10.2 Å². The average molecular weight is 409 g/mol. The molecule has 0 fully saturated rings. The van der Waals surface area contributed by atoms with Gasteiger partial charge in [-0.1, -0.05) is 54.6 Å². The summed E-state index contributed by atoms with van der Waals surface area (Å²) in [5.74, 6) is -0.910. The van der Waals surface area contributed by atoms with Crippen LogP contribution in [0.1, 0.15) is 47.2 Å². The van der Waals surface area contributed by atoms with Gasteiger partial charge in [-0.25, -0.2) is 4.79 Å². The number of allylic oxidation sites excluding steroid dienone is 2. The predicted octanol–water partition coefficient (Wildman–Crippen LogP) is 6.41. The molecule has 0 spiro atoms. The van der Waals surface area contributed by atoms with Crippen LogP contribution in [0, 0.1) is 0 Å². The van der Waals surface area contributed by atoms with Gasteiger partial charge < -0.3 is 5.11 Å². The van der Waals surface area contributed by atoms with Crippen LogP contribution in [0.15, 0.2) is 79.0 Å². The largest absolute Gasteiger partial charge is 0.478 e. The van der Waals surface area contributed by atoms with Crippen LogP contribution in [0.25, 0.3) is 27.6 Å². The monoisotopic (exact) mass is 408 g/mol. The van der Waals surface area contributed by atoms with Crippen LogP contribution < -0.4 is 0 Å². The van der Waals surface area contributed by atoms with Crippen molar-refractivity contribution < 1.29 is 9.90 Å². The highest BCUT2D eigenvalue weighted by Gasteiger charge is 2.10. The predicted molar refractivity (Wildman–Crippen MR) is 124 cm³/mol. The van der Waals surface area contributed by atoms with Crippen LogP contribution in [0.2, 0.25) is 0 Å². The fraction of sp³-hybridized carbons (Fsp3) is 0.185. The summed E-state index contributed by atoms with van der Waals surface area (Å²) in [7, 11) is 0. The zero-order valence-electron chi connectivity index (χ0n) is 17.3. The Kier molecular flexibility index (Phi) is 5.13. The topological polar surface area (TPSA) is 55.1 Å². The highest BCUT2D eigenvalue weighted by molar-refractivity contribution is 5.94. The summed E-state index contributed by atoms with van der Waals surface area (Å²) in [6.45, 7) is 0.598. The Hall–Kier alpha value is -3.66. The van der Waals surface area contributed by atoms with Gasteiger partial charge in [0.05, 0.1) is 17.6 Å². The Balaban J connectivity index is 1.43. The lowest BCUT2D eigenvalue weighted by atomic mass is 9.92. The number of aromatic carboxylic acids is 1. The molecule has 1 heterocycles. The summed E-state index contributed by atoms with van der Waals surface area (Å²) in [6, 6.07) is 22.1. The van der Waals surface area contributed by atoms with E-state index in [1.165, 1.54) is 47.9 Å². The number of benzene rings is 3. The zero-order valence-corrected chi connectivity index (χ0v) is 17.3. The third kappa shape index (κ3) is 4.02. The fourth-order valence-electron chi connectivity index (χ4n) is 4.33. The van der Waals surface area contributed by atoms with Crippen LogP contribution in [-0.4, -0.2) is 20.9 Å². The molecule has 0 atom stereocenters. The molecule has 4 heteroatoms. The van der Waals surface area contributed by atoms with Crippen LogP contribution in [0.5, 0.6) is 0 Å². The van der Waals surface area contributed by atoms with Crippen molar-refractivity contribution in [3.05, 3.63) is 95.7 Å². The summed E-state index contributed by atoms with van der Waals surface area (Å²) in [6.07, 6.45) is 9.41. The minimum absolute atomic E-state index is 0.295. The number of carbonyl (C=O) groups is 1. The molecule has 0 amide bonds. The number of rotatable bonds is 5. The summed E-state index contributed by atoms with van der Waals surface area (Å²) in [4.78, 5) is 11.1. The van der Waals surface area contributed by atoms with Gasteiger partial charge in [-0.15, -0.1) is 0 Å². The van der Waals surface area contributed by atoms with Gasteiger partial charge in [-0.05, 0) is 71.7 Å². The van der Waals surface area contributed by atoms with E-state index >= 15 is 0 Å². The standard InChI is InChI=1S/C27H24N2O2/c30-27(31)23-11-9-19(10-12-23)17-29-18-25-24(7-4-8-26(25)28-29)22-15-13-21(14-16-22)20-5-2-1-3-6-20/h4-5,7-16,18H,1-3,6,17H2,(H,30,31). The van der Waals surface area contributed by atoms with E-state index in [1.807, 2.05) is 28.9 Å². The Bertz CT molecular complexity index is 1270. The number of carboxylic acid groups (broad SMARTS) is 1. The molecule has 0 aliphatic heterocycles. The lowest BCUT2D eigenvalue weighted by Crippen LogP contribution is -2.01. The smallest absolute Gasteiger partial charge is 0.335 e. The molecule has 154 valence electrons. The van der Waals surface area contributed by atoms with E-state index < -0.39 is 5.97 Å². The highest BCUT2D eigenvalue weighted by Crippen LogP contribution is 2.31. The molecule has 1 aliphatic carbocycles. The van der Waals surface area contributed by atoms with Gasteiger partial charge in [0, 0.05) is 11.6 Å². The number of fused-ring (bicyclic) bond motifs is 1. The Morgan fingerprint density at radius 1 is 0.935 bits per heavy atom. The third-order valence-corrected chi connectivity index (χ3v) is 6.00. The van der Waals surface area contributed by atoms with Crippen LogP contribution in [0.4, 0.5) is 0 Å². The lowest BCUT2D eigenvalue weighted by Gasteiger charge is -2.13. The number of aromatic nitrogens is 2. The normalized spacial score (nSPS) is 13.9. The van der Waals surface area contributed by atoms with E-state index in [-0.39, 0.29) is 0 Å². The zero-order chi connectivity index (χ0) is 21.2. The van der Waals surface area contributed by atoms with Crippen molar-refractivity contribution in [3.63, 3.8) is 0 Å². The molecular formula is C27H24N2O2. The van der Waals surface area contributed by atoms with E-state index in [0.29, 0.717) is 12.1 Å². The molecule has 1 N–H and O–H groups in total. The van der Waals surface area contributed by atoms with Gasteiger partial charge in [0.1, 0.15) is 0 Å². The third-order valence-electron chi connectivity index (χ3n) is 6.00. The molecule has 31 heavy (non-hydrogen) atoms. The van der Waals surface area contributed by atoms with Gasteiger partial charge in [0.2, 0.25) is 0 Å². The minimum atomic E-state index is -0.910. The number of carboxylic acids is 1. The molecule has 1 aliphatic rings. The molecule has 4 aromatic rings. The highest BCUT2D eigenvalue weighted by atomic mass is 16.4. The number of hydrogen-bond acceptors (Lipinski definition) is 2. The first-order valence-electron chi connectivity index (χ1n) is 10.8. The van der Waals surface area contributed by atoms with Crippen molar-refractivity contribution in [1.82, 2.24) is 9.78 Å². The molecule has 0 saturated heterocycles. The molecule has 0 saturated carbocycles. The second-order valence-corrected chi connectivity index (χ2v) is 8.12. The van der Waals surface area contributed by atoms with E-state index in [9.17, 15) is 4.79 Å². The van der Waals surface area contributed by atoms with Crippen LogP contribution >= 0.6 is 0 Å². The molecule has 3 aromatic carbocycles.